The fourth-order valence-corrected chi connectivity index (χ4v) is 1.86. The average molecular weight is 266 g/mol. The largest absolute Gasteiger partial charge is 0.394 e. The van der Waals surface area contributed by atoms with Crippen molar-refractivity contribution in [3.05, 3.63) is 21.6 Å². The lowest BCUT2D eigenvalue weighted by molar-refractivity contribution is -0.388. The van der Waals surface area contributed by atoms with E-state index in [9.17, 15) is 10.1 Å². The van der Waals surface area contributed by atoms with Crippen LogP contribution < -0.4 is 0 Å². The maximum absolute atomic E-state index is 10.6. The second-order valence-corrected chi connectivity index (χ2v) is 4.08. The van der Waals surface area contributed by atoms with Crippen LogP contribution in [0.3, 0.4) is 0 Å². The molecule has 0 saturated carbocycles. The molecule has 1 heterocycles. The molecule has 2 N–H and O–H groups in total. The van der Waals surface area contributed by atoms with Gasteiger partial charge in [0.25, 0.3) is 0 Å². The smallest absolute Gasteiger partial charge is 0.319 e. The summed E-state index contributed by atoms with van der Waals surface area (Å²) in [6.07, 6.45) is 0.0431. The number of hydrogen-bond acceptors (Lipinski definition) is 7. The van der Waals surface area contributed by atoms with E-state index in [1.165, 1.54) is 0 Å². The zero-order chi connectivity index (χ0) is 12.1. The molecule has 1 atom stereocenters. The van der Waals surface area contributed by atoms with Gasteiger partial charge in [-0.3, -0.25) is 10.1 Å². The predicted octanol–water partition coefficient (Wildman–Crippen LogP) is 0.483. The van der Waals surface area contributed by atoms with Crippen molar-refractivity contribution in [3.8, 4) is 0 Å². The Bertz CT molecular complexity index is 392. The molecule has 0 aliphatic heterocycles. The summed E-state index contributed by atoms with van der Waals surface area (Å²) in [5.41, 5.74) is -0.278. The quantitative estimate of drug-likeness (QED) is 0.262. The molecule has 0 radical (unpaired) electrons. The highest BCUT2D eigenvalue weighted by Gasteiger charge is 2.18. The van der Waals surface area contributed by atoms with E-state index < -0.39 is 17.6 Å². The molecule has 0 bridgehead atoms. The van der Waals surface area contributed by atoms with Gasteiger partial charge < -0.3 is 10.2 Å². The van der Waals surface area contributed by atoms with E-state index in [1.807, 2.05) is 0 Å². The summed E-state index contributed by atoms with van der Waals surface area (Å²) in [4.78, 5) is 17.1. The number of halogens is 1. The Morgan fingerprint density at radius 1 is 1.69 bits per heavy atom. The molecule has 0 aromatic carbocycles. The van der Waals surface area contributed by atoms with Gasteiger partial charge in [0.2, 0.25) is 5.28 Å². The summed E-state index contributed by atoms with van der Waals surface area (Å²) < 4.78 is 0. The second kappa shape index (κ2) is 5.94. The number of thioether (sulfide) groups is 1. The number of aliphatic hydroxyl groups is 2. The minimum absolute atomic E-state index is 0.0671. The van der Waals surface area contributed by atoms with E-state index in [2.05, 4.69) is 9.97 Å². The number of nitro groups is 1. The maximum Gasteiger partial charge on any atom is 0.319 e. The Balaban J connectivity index is 2.84. The second-order valence-electron chi connectivity index (χ2n) is 2.73. The van der Waals surface area contributed by atoms with Crippen LogP contribution in [-0.2, 0) is 0 Å². The lowest BCUT2D eigenvalue weighted by Gasteiger charge is -2.05. The van der Waals surface area contributed by atoms with Crippen LogP contribution in [0, 0.1) is 10.1 Å². The zero-order valence-corrected chi connectivity index (χ0v) is 9.48. The van der Waals surface area contributed by atoms with Crippen molar-refractivity contribution in [1.29, 1.82) is 0 Å². The molecule has 0 aliphatic carbocycles. The lowest BCUT2D eigenvalue weighted by Crippen LogP contribution is -2.14. The summed E-state index contributed by atoms with van der Waals surface area (Å²) in [7, 11) is 0. The van der Waals surface area contributed by atoms with Crippen LogP contribution in [0.2, 0.25) is 5.28 Å². The molecule has 1 aromatic heterocycles. The minimum atomic E-state index is -0.960. The van der Waals surface area contributed by atoms with Gasteiger partial charge in [-0.2, -0.15) is 0 Å². The summed E-state index contributed by atoms with van der Waals surface area (Å²) in [5.74, 6) is 0.0880. The van der Waals surface area contributed by atoms with Crippen LogP contribution in [0.5, 0.6) is 0 Å². The molecule has 16 heavy (non-hydrogen) atoms. The van der Waals surface area contributed by atoms with Gasteiger partial charge in [-0.15, -0.1) is 0 Å². The van der Waals surface area contributed by atoms with Crippen molar-refractivity contribution >= 4 is 29.1 Å². The van der Waals surface area contributed by atoms with E-state index in [0.29, 0.717) is 0 Å². The molecule has 9 heteroatoms. The first kappa shape index (κ1) is 13.1. The first-order chi connectivity index (χ1) is 7.54. The molecule has 1 unspecified atom stereocenters. The molecule has 0 saturated heterocycles. The van der Waals surface area contributed by atoms with Crippen molar-refractivity contribution in [2.75, 3.05) is 12.4 Å². The van der Waals surface area contributed by atoms with Gasteiger partial charge in [-0.25, -0.2) is 9.97 Å². The van der Waals surface area contributed by atoms with Gasteiger partial charge in [-0.05, 0) is 11.6 Å². The van der Waals surface area contributed by atoms with Gasteiger partial charge in [0.15, 0.2) is 5.03 Å². The zero-order valence-electron chi connectivity index (χ0n) is 7.91. The third-order valence-electron chi connectivity index (χ3n) is 1.53. The first-order valence-electron chi connectivity index (χ1n) is 4.13. The van der Waals surface area contributed by atoms with Crippen LogP contribution >= 0.6 is 23.4 Å². The van der Waals surface area contributed by atoms with Gasteiger partial charge in [0.1, 0.15) is 6.20 Å². The molecule has 1 rings (SSSR count). The van der Waals surface area contributed by atoms with Crippen molar-refractivity contribution < 1.29 is 15.1 Å². The number of aliphatic hydroxyl groups excluding tert-OH is 2. The standard InChI is InChI=1S/C7H8ClN3O4S/c8-7-9-1-5(11(14)15)6(10-7)16-3-4(13)2-12/h1,4,12-13H,2-3H2. The van der Waals surface area contributed by atoms with E-state index in [-0.39, 0.29) is 21.7 Å². The fourth-order valence-electron chi connectivity index (χ4n) is 0.799. The van der Waals surface area contributed by atoms with E-state index in [4.69, 9.17) is 21.8 Å². The Morgan fingerprint density at radius 3 is 2.94 bits per heavy atom. The Morgan fingerprint density at radius 2 is 2.38 bits per heavy atom. The van der Waals surface area contributed by atoms with Crippen LogP contribution in [0.15, 0.2) is 11.2 Å². The third kappa shape index (κ3) is 3.56. The van der Waals surface area contributed by atoms with Crippen LogP contribution in [0.4, 0.5) is 5.69 Å². The molecule has 0 fully saturated rings. The van der Waals surface area contributed by atoms with Crippen molar-refractivity contribution in [1.82, 2.24) is 9.97 Å². The van der Waals surface area contributed by atoms with Crippen LogP contribution in [0.25, 0.3) is 0 Å². The van der Waals surface area contributed by atoms with Gasteiger partial charge >= 0.3 is 5.69 Å². The Labute approximate surface area is 99.6 Å². The summed E-state index contributed by atoms with van der Waals surface area (Å²) in [5, 5.41) is 28.3. The fraction of sp³-hybridized carbons (Fsp3) is 0.429. The molecule has 88 valence electrons. The minimum Gasteiger partial charge on any atom is -0.394 e. The number of aromatic nitrogens is 2. The average Bonchev–Trinajstić information content (AvgIpc) is 2.25. The van der Waals surface area contributed by atoms with Crippen molar-refractivity contribution in [2.24, 2.45) is 0 Å². The van der Waals surface area contributed by atoms with Crippen molar-refractivity contribution in [3.63, 3.8) is 0 Å². The molecule has 7 nitrogen and oxygen atoms in total. The normalized spacial score (nSPS) is 12.4. The monoisotopic (exact) mass is 265 g/mol. The van der Waals surface area contributed by atoms with E-state index in [1.54, 1.807) is 0 Å². The molecular weight excluding hydrogens is 258 g/mol. The van der Waals surface area contributed by atoms with Crippen LogP contribution in [0.1, 0.15) is 0 Å². The third-order valence-corrected chi connectivity index (χ3v) is 2.83. The van der Waals surface area contributed by atoms with Crippen LogP contribution in [-0.4, -0.2) is 43.6 Å². The van der Waals surface area contributed by atoms with Gasteiger partial charge in [0.05, 0.1) is 17.6 Å². The molecule has 1 aromatic rings. The highest BCUT2D eigenvalue weighted by atomic mass is 35.5. The lowest BCUT2D eigenvalue weighted by atomic mass is 10.4. The highest BCUT2D eigenvalue weighted by molar-refractivity contribution is 7.99. The topological polar surface area (TPSA) is 109 Å². The Kier molecular flexibility index (Phi) is 4.87. The Hall–Kier alpha value is -0.960. The summed E-state index contributed by atoms with van der Waals surface area (Å²) >= 11 is 6.44. The van der Waals surface area contributed by atoms with Gasteiger partial charge in [0, 0.05) is 5.75 Å². The molecule has 0 spiro atoms. The highest BCUT2D eigenvalue weighted by Crippen LogP contribution is 2.27. The molecule has 0 aliphatic rings. The predicted molar refractivity (Wildman–Crippen MR) is 57.5 cm³/mol. The summed E-state index contributed by atoms with van der Waals surface area (Å²) in [6, 6.07) is 0. The van der Waals surface area contributed by atoms with Crippen molar-refractivity contribution in [2.45, 2.75) is 11.1 Å². The number of nitrogens with zero attached hydrogens (tertiary/aromatic N) is 3. The van der Waals surface area contributed by atoms with E-state index in [0.717, 1.165) is 18.0 Å². The molecular formula is C7H8ClN3O4S. The first-order valence-corrected chi connectivity index (χ1v) is 5.49. The molecule has 0 amide bonds. The van der Waals surface area contributed by atoms with Gasteiger partial charge in [-0.1, -0.05) is 11.8 Å². The number of hydrogen-bond donors (Lipinski definition) is 2. The maximum atomic E-state index is 10.6. The number of rotatable bonds is 5. The van der Waals surface area contributed by atoms with E-state index >= 15 is 0 Å². The summed E-state index contributed by atoms with van der Waals surface area (Å²) in [6.45, 7) is -0.417. The SMILES string of the molecule is O=[N+]([O-])c1cnc(Cl)nc1SCC(O)CO.